The van der Waals surface area contributed by atoms with Crippen molar-refractivity contribution in [1.29, 1.82) is 0 Å². The van der Waals surface area contributed by atoms with Crippen LogP contribution in [0.15, 0.2) is 55.0 Å². The maximum Gasteiger partial charge on any atom is 0.331 e. The summed E-state index contributed by atoms with van der Waals surface area (Å²) >= 11 is 0. The smallest absolute Gasteiger partial charge is 0.331 e. The van der Waals surface area contributed by atoms with Gasteiger partial charge in [0.1, 0.15) is 12.4 Å². The zero-order valence-corrected chi connectivity index (χ0v) is 24.9. The van der Waals surface area contributed by atoms with Crippen molar-refractivity contribution in [2.24, 2.45) is 0 Å². The molecule has 3 fully saturated rings. The van der Waals surface area contributed by atoms with Gasteiger partial charge in [-0.25, -0.2) is 19.7 Å². The van der Waals surface area contributed by atoms with Crippen LogP contribution in [0.4, 0.5) is 21.9 Å². The number of pyridine rings is 2. The van der Waals surface area contributed by atoms with Gasteiger partial charge in [0.05, 0.1) is 23.4 Å². The van der Waals surface area contributed by atoms with Crippen LogP contribution in [0.2, 0.25) is 0 Å². The van der Waals surface area contributed by atoms with Crippen LogP contribution in [0, 0.1) is 6.92 Å². The van der Waals surface area contributed by atoms with E-state index in [0.717, 1.165) is 64.4 Å². The number of likely N-dealkylation sites (N-methyl/N-ethyl adjacent to an activating group) is 1. The van der Waals surface area contributed by atoms with Gasteiger partial charge in [-0.15, -0.1) is 0 Å². The number of imidazole rings is 1. The van der Waals surface area contributed by atoms with Gasteiger partial charge in [-0.05, 0) is 74.1 Å². The van der Waals surface area contributed by atoms with E-state index in [-0.39, 0.29) is 18.5 Å². The zero-order chi connectivity index (χ0) is 30.1. The first-order valence-electron chi connectivity index (χ1n) is 15.1. The van der Waals surface area contributed by atoms with E-state index in [1.807, 2.05) is 42.9 Å². The summed E-state index contributed by atoms with van der Waals surface area (Å²) in [4.78, 5) is 47.0. The Kier molecular flexibility index (Phi) is 6.04. The molecular weight excluding hydrogens is 554 g/mol. The fourth-order valence-corrected chi connectivity index (χ4v) is 6.26. The lowest BCUT2D eigenvalue weighted by molar-refractivity contribution is -0.123. The van der Waals surface area contributed by atoms with Crippen LogP contribution in [-0.2, 0) is 11.3 Å². The highest BCUT2D eigenvalue weighted by Gasteiger charge is 2.43. The van der Waals surface area contributed by atoms with E-state index in [2.05, 4.69) is 51.1 Å². The van der Waals surface area contributed by atoms with Gasteiger partial charge < -0.3 is 15.0 Å². The minimum atomic E-state index is -0.319. The highest BCUT2D eigenvalue weighted by Crippen LogP contribution is 2.53. The van der Waals surface area contributed by atoms with Gasteiger partial charge in [-0.2, -0.15) is 0 Å². The molecule has 0 radical (unpaired) electrons. The Balaban J connectivity index is 1.06. The van der Waals surface area contributed by atoms with E-state index in [0.29, 0.717) is 35.6 Å². The molecule has 2 N–H and O–H groups in total. The Morgan fingerprint density at radius 2 is 1.86 bits per heavy atom. The summed E-state index contributed by atoms with van der Waals surface area (Å²) < 4.78 is 1.99. The lowest BCUT2D eigenvalue weighted by Crippen LogP contribution is -2.30. The molecule has 0 bridgehead atoms. The molecule has 44 heavy (non-hydrogen) atoms. The Morgan fingerprint density at radius 1 is 1.00 bits per heavy atom. The number of hydrogen-bond acceptors (Lipinski definition) is 8. The second-order valence-corrected chi connectivity index (χ2v) is 12.2. The van der Waals surface area contributed by atoms with Crippen LogP contribution >= 0.6 is 0 Å². The highest BCUT2D eigenvalue weighted by atomic mass is 16.2. The van der Waals surface area contributed by atoms with Crippen LogP contribution in [0.1, 0.15) is 65.5 Å². The molecule has 0 spiro atoms. The van der Waals surface area contributed by atoms with Crippen molar-refractivity contribution in [3.8, 4) is 0 Å². The van der Waals surface area contributed by atoms with E-state index in [9.17, 15) is 9.59 Å². The Labute approximate surface area is 254 Å². The van der Waals surface area contributed by atoms with Gasteiger partial charge in [-0.3, -0.25) is 19.6 Å². The van der Waals surface area contributed by atoms with Gasteiger partial charge in [0.15, 0.2) is 5.65 Å². The third-order valence-corrected chi connectivity index (χ3v) is 9.02. The molecule has 3 amide bonds. The SMILES string of the molecule is CNc1cc([C@H]2C[C@@H]2c2nccc(C)n2)nc2cc(NCc3cn4cc(C5CC5)cc(N5CC(=O)N(C)C5=O)c4n3)ccc12. The van der Waals surface area contributed by atoms with E-state index < -0.39 is 0 Å². The molecule has 1 aromatic carbocycles. The van der Waals surface area contributed by atoms with Crippen molar-refractivity contribution in [3.63, 3.8) is 0 Å². The number of fused-ring (bicyclic) bond motifs is 2. The number of anilines is 3. The first-order valence-corrected chi connectivity index (χ1v) is 15.1. The number of carbonyl (C=O) groups is 2. The normalized spacial score (nSPS) is 19.8. The third kappa shape index (κ3) is 4.59. The largest absolute Gasteiger partial charge is 0.388 e. The van der Waals surface area contributed by atoms with Crippen molar-refractivity contribution in [2.75, 3.05) is 36.2 Å². The minimum Gasteiger partial charge on any atom is -0.388 e. The maximum atomic E-state index is 12.9. The molecule has 4 aromatic heterocycles. The molecule has 2 aliphatic carbocycles. The predicted octanol–water partition coefficient (Wildman–Crippen LogP) is 5.18. The first kappa shape index (κ1) is 26.6. The molecule has 2 saturated carbocycles. The van der Waals surface area contributed by atoms with Gasteiger partial charge in [-0.1, -0.05) is 0 Å². The number of imide groups is 1. The molecule has 0 unspecified atom stereocenters. The van der Waals surface area contributed by atoms with Crippen molar-refractivity contribution >= 4 is 45.6 Å². The predicted molar refractivity (Wildman–Crippen MR) is 168 cm³/mol. The van der Waals surface area contributed by atoms with Crippen molar-refractivity contribution in [1.82, 2.24) is 29.2 Å². The first-order chi connectivity index (χ1) is 21.4. The molecule has 11 nitrogen and oxygen atoms in total. The Morgan fingerprint density at radius 3 is 2.61 bits per heavy atom. The summed E-state index contributed by atoms with van der Waals surface area (Å²) in [7, 11) is 3.46. The number of nitrogens with one attached hydrogen (secondary N) is 2. The van der Waals surface area contributed by atoms with Crippen molar-refractivity contribution < 1.29 is 9.59 Å². The molecule has 1 aliphatic heterocycles. The average molecular weight is 588 g/mol. The van der Waals surface area contributed by atoms with Gasteiger partial charge in [0, 0.05) is 72.7 Å². The summed E-state index contributed by atoms with van der Waals surface area (Å²) in [6.07, 6.45) is 9.20. The van der Waals surface area contributed by atoms with E-state index in [4.69, 9.17) is 9.97 Å². The number of aryl methyl sites for hydroxylation is 1. The quantitative estimate of drug-likeness (QED) is 0.238. The van der Waals surface area contributed by atoms with Gasteiger partial charge in [0.25, 0.3) is 0 Å². The fourth-order valence-electron chi connectivity index (χ4n) is 6.26. The monoisotopic (exact) mass is 587 g/mol. The maximum absolute atomic E-state index is 12.9. The van der Waals surface area contributed by atoms with Gasteiger partial charge in [0.2, 0.25) is 5.91 Å². The van der Waals surface area contributed by atoms with Crippen molar-refractivity contribution in [2.45, 2.75) is 50.5 Å². The molecule has 1 saturated heterocycles. The number of rotatable bonds is 8. The standard InChI is InChI=1S/C33H33N9O2/c1-18-8-9-35-31(37-18)25-12-24(25)28-13-26(34-2)23-7-6-21(11-27(23)39-28)36-14-22-16-41-15-20(19-4-5-19)10-29(32(41)38-22)42-17-30(43)40(3)33(42)44/h6-11,13,15-16,19,24-25,36H,4-5,12,14,17H2,1-3H3,(H,34,39)/t24-,25-/m0/s1. The summed E-state index contributed by atoms with van der Waals surface area (Å²) in [6.45, 7) is 2.52. The van der Waals surface area contributed by atoms with Crippen LogP contribution in [0.25, 0.3) is 16.6 Å². The average Bonchev–Trinajstić information content (AvgIpc) is 3.96. The lowest BCUT2D eigenvalue weighted by atomic mass is 10.1. The number of nitrogens with zero attached hydrogens (tertiary/aromatic N) is 7. The second kappa shape index (κ2) is 10.0. The van der Waals surface area contributed by atoms with Crippen LogP contribution in [0.5, 0.6) is 0 Å². The molecule has 2 atom stereocenters. The molecule has 8 rings (SSSR count). The van der Waals surface area contributed by atoms with E-state index in [1.54, 1.807) is 0 Å². The number of carbonyl (C=O) groups excluding carboxylic acids is 2. The molecule has 5 aromatic rings. The van der Waals surface area contributed by atoms with E-state index >= 15 is 0 Å². The number of hydrogen-bond donors (Lipinski definition) is 2. The second-order valence-electron chi connectivity index (χ2n) is 12.2. The number of amides is 3. The van der Waals surface area contributed by atoms with Crippen LogP contribution in [-0.4, -0.2) is 61.8 Å². The minimum absolute atomic E-state index is 0.0276. The third-order valence-electron chi connectivity index (χ3n) is 9.02. The number of benzene rings is 1. The van der Waals surface area contributed by atoms with Crippen molar-refractivity contribution in [3.05, 3.63) is 83.5 Å². The highest BCUT2D eigenvalue weighted by molar-refractivity contribution is 6.13. The van der Waals surface area contributed by atoms with E-state index in [1.165, 1.54) is 22.4 Å². The Hall–Kier alpha value is -5.06. The zero-order valence-electron chi connectivity index (χ0n) is 24.9. The molecule has 5 heterocycles. The number of urea groups is 1. The molecule has 3 aliphatic rings. The van der Waals surface area contributed by atoms with Crippen LogP contribution < -0.4 is 15.5 Å². The number of aromatic nitrogens is 5. The molecular formula is C33H33N9O2. The summed E-state index contributed by atoms with van der Waals surface area (Å²) in [5.41, 5.74) is 8.29. The molecule has 222 valence electrons. The summed E-state index contributed by atoms with van der Waals surface area (Å²) in [5.74, 6) is 1.76. The Bertz CT molecular complexity index is 1980. The lowest BCUT2D eigenvalue weighted by Gasteiger charge is -2.17. The summed E-state index contributed by atoms with van der Waals surface area (Å²) in [5, 5.41) is 7.93. The topological polar surface area (TPSA) is 121 Å². The van der Waals surface area contributed by atoms with Gasteiger partial charge >= 0.3 is 6.03 Å². The summed E-state index contributed by atoms with van der Waals surface area (Å²) in [6, 6.07) is 12.0. The fraction of sp³-hybridized carbons (Fsp3) is 0.333. The van der Waals surface area contributed by atoms with Crippen LogP contribution in [0.3, 0.4) is 0 Å². The molecule has 11 heteroatoms.